The number of halogens is 3. The minimum absolute atomic E-state index is 0.232. The SMILES string of the molecule is CNS(=O)(=O)Cc1ccc(-c2ccc([C@H](O)[C@@H](CF)NC(=O)C(F)F)cc2)cn1. The Kier molecular flexibility index (Phi) is 7.71. The molecule has 0 fully saturated rings. The summed E-state index contributed by atoms with van der Waals surface area (Å²) in [7, 11) is -2.13. The van der Waals surface area contributed by atoms with Gasteiger partial charge in [0.1, 0.15) is 18.5 Å². The highest BCUT2D eigenvalue weighted by Gasteiger charge is 2.26. The van der Waals surface area contributed by atoms with Crippen LogP contribution in [0.4, 0.5) is 13.2 Å². The van der Waals surface area contributed by atoms with Crippen molar-refractivity contribution >= 4 is 15.9 Å². The molecule has 2 atom stereocenters. The molecular formula is C18H20F3N3O4S. The number of carbonyl (C=O) groups is 1. The van der Waals surface area contributed by atoms with Crippen molar-refractivity contribution in [2.24, 2.45) is 0 Å². The molecule has 0 bridgehead atoms. The number of pyridine rings is 1. The van der Waals surface area contributed by atoms with Gasteiger partial charge in [0.15, 0.2) is 0 Å². The van der Waals surface area contributed by atoms with Crippen molar-refractivity contribution < 1.29 is 31.5 Å². The van der Waals surface area contributed by atoms with Crippen LogP contribution in [-0.2, 0) is 20.6 Å². The van der Waals surface area contributed by atoms with Crippen LogP contribution in [0.3, 0.4) is 0 Å². The molecule has 29 heavy (non-hydrogen) atoms. The van der Waals surface area contributed by atoms with Crippen LogP contribution in [0, 0.1) is 0 Å². The van der Waals surface area contributed by atoms with E-state index >= 15 is 0 Å². The van der Waals surface area contributed by atoms with Crippen molar-refractivity contribution in [1.29, 1.82) is 0 Å². The number of hydrogen-bond acceptors (Lipinski definition) is 5. The monoisotopic (exact) mass is 431 g/mol. The zero-order chi connectivity index (χ0) is 21.6. The molecule has 1 aromatic carbocycles. The van der Waals surface area contributed by atoms with Gasteiger partial charge in [-0.25, -0.2) is 17.5 Å². The van der Waals surface area contributed by atoms with Gasteiger partial charge in [0.05, 0.1) is 11.7 Å². The molecule has 0 radical (unpaired) electrons. The van der Waals surface area contributed by atoms with Crippen LogP contribution < -0.4 is 10.0 Å². The Balaban J connectivity index is 2.12. The van der Waals surface area contributed by atoms with E-state index in [1.165, 1.54) is 25.4 Å². The Morgan fingerprint density at radius 2 is 1.76 bits per heavy atom. The van der Waals surface area contributed by atoms with Crippen molar-refractivity contribution in [3.8, 4) is 11.1 Å². The highest BCUT2D eigenvalue weighted by Crippen LogP contribution is 2.24. The van der Waals surface area contributed by atoms with Crippen LogP contribution in [0.1, 0.15) is 17.4 Å². The molecule has 2 aromatic rings. The van der Waals surface area contributed by atoms with Gasteiger partial charge in [-0.2, -0.15) is 8.78 Å². The number of rotatable bonds is 9. The minimum Gasteiger partial charge on any atom is -0.386 e. The molecule has 0 spiro atoms. The fourth-order valence-corrected chi connectivity index (χ4v) is 3.20. The number of amides is 1. The number of nitrogens with one attached hydrogen (secondary N) is 2. The number of benzene rings is 1. The lowest BCUT2D eigenvalue weighted by molar-refractivity contribution is -0.133. The van der Waals surface area contributed by atoms with E-state index in [0.29, 0.717) is 16.8 Å². The highest BCUT2D eigenvalue weighted by atomic mass is 32.2. The Morgan fingerprint density at radius 1 is 1.14 bits per heavy atom. The van der Waals surface area contributed by atoms with E-state index in [1.54, 1.807) is 29.6 Å². The van der Waals surface area contributed by atoms with Crippen LogP contribution >= 0.6 is 0 Å². The first-order chi connectivity index (χ1) is 13.7. The molecule has 0 saturated carbocycles. The number of sulfonamides is 1. The second-order valence-electron chi connectivity index (χ2n) is 6.14. The van der Waals surface area contributed by atoms with E-state index in [-0.39, 0.29) is 11.3 Å². The van der Waals surface area contributed by atoms with Crippen molar-refractivity contribution in [2.45, 2.75) is 24.3 Å². The van der Waals surface area contributed by atoms with Gasteiger partial charge >= 0.3 is 6.43 Å². The largest absolute Gasteiger partial charge is 0.386 e. The highest BCUT2D eigenvalue weighted by molar-refractivity contribution is 7.88. The zero-order valence-electron chi connectivity index (χ0n) is 15.3. The molecule has 0 unspecified atom stereocenters. The minimum atomic E-state index is -3.44. The number of aliphatic hydroxyl groups is 1. The third-order valence-electron chi connectivity index (χ3n) is 4.13. The van der Waals surface area contributed by atoms with Crippen LogP contribution in [0.15, 0.2) is 42.6 Å². The molecule has 3 N–H and O–H groups in total. The van der Waals surface area contributed by atoms with Crippen LogP contribution in [0.2, 0.25) is 0 Å². The predicted octanol–water partition coefficient (Wildman–Crippen LogP) is 1.55. The molecule has 0 aliphatic rings. The maximum Gasteiger partial charge on any atom is 0.315 e. The second kappa shape index (κ2) is 9.81. The first-order valence-corrected chi connectivity index (χ1v) is 10.1. The Labute approximate surface area is 166 Å². The van der Waals surface area contributed by atoms with E-state index in [1.807, 2.05) is 0 Å². The molecule has 0 aliphatic carbocycles. The molecule has 1 aromatic heterocycles. The molecule has 0 aliphatic heterocycles. The van der Waals surface area contributed by atoms with Gasteiger partial charge in [0.2, 0.25) is 10.0 Å². The predicted molar refractivity (Wildman–Crippen MR) is 100 cm³/mol. The van der Waals surface area contributed by atoms with Gasteiger partial charge in [0.25, 0.3) is 5.91 Å². The average molecular weight is 431 g/mol. The Morgan fingerprint density at radius 3 is 2.24 bits per heavy atom. The van der Waals surface area contributed by atoms with Crippen molar-refractivity contribution in [3.05, 3.63) is 53.9 Å². The Bertz CT molecular complexity index is 922. The molecule has 1 heterocycles. The lowest BCUT2D eigenvalue weighted by Crippen LogP contribution is -2.43. The van der Waals surface area contributed by atoms with Crippen LogP contribution in [-0.4, -0.2) is 50.6 Å². The van der Waals surface area contributed by atoms with Gasteiger partial charge in [-0.1, -0.05) is 30.3 Å². The summed E-state index contributed by atoms with van der Waals surface area (Å²) in [6.07, 6.45) is -3.33. The van der Waals surface area contributed by atoms with E-state index in [9.17, 15) is 31.5 Å². The van der Waals surface area contributed by atoms with Gasteiger partial charge < -0.3 is 10.4 Å². The smallest absolute Gasteiger partial charge is 0.315 e. The molecule has 7 nitrogen and oxygen atoms in total. The average Bonchev–Trinajstić information content (AvgIpc) is 2.71. The summed E-state index contributed by atoms with van der Waals surface area (Å²) in [5, 5.41) is 11.9. The van der Waals surface area contributed by atoms with Gasteiger partial charge in [0, 0.05) is 11.8 Å². The molecule has 11 heteroatoms. The fourth-order valence-electron chi connectivity index (χ4n) is 2.50. The van der Waals surface area contributed by atoms with E-state index in [4.69, 9.17) is 0 Å². The van der Waals surface area contributed by atoms with Crippen molar-refractivity contribution in [2.75, 3.05) is 13.7 Å². The van der Waals surface area contributed by atoms with Crippen molar-refractivity contribution in [1.82, 2.24) is 15.0 Å². The van der Waals surface area contributed by atoms with E-state index in [0.717, 1.165) is 0 Å². The lowest BCUT2D eigenvalue weighted by Gasteiger charge is -2.22. The third-order valence-corrected chi connectivity index (χ3v) is 5.43. The summed E-state index contributed by atoms with van der Waals surface area (Å²) in [6, 6.07) is 7.87. The summed E-state index contributed by atoms with van der Waals surface area (Å²) >= 11 is 0. The van der Waals surface area contributed by atoms with Gasteiger partial charge in [-0.3, -0.25) is 9.78 Å². The summed E-state index contributed by atoms with van der Waals surface area (Å²) in [6.45, 7) is -1.22. The first-order valence-electron chi connectivity index (χ1n) is 8.46. The molecular weight excluding hydrogens is 411 g/mol. The molecule has 0 saturated heterocycles. The maximum atomic E-state index is 13.1. The second-order valence-corrected chi connectivity index (χ2v) is 8.06. The fraction of sp³-hybridized carbons (Fsp3) is 0.333. The standard InChI is InChI=1S/C18H20F3N3O4S/c1-22-29(27,28)10-14-7-6-13(9-23-14)11-2-4-12(5-3-11)16(25)15(8-19)24-18(26)17(20)21/h2-7,9,15-17,22,25H,8,10H2,1H3,(H,24,26)/t15-,16+/m1/s1. The number of hydrogen-bond donors (Lipinski definition) is 3. The zero-order valence-corrected chi connectivity index (χ0v) is 16.2. The number of nitrogens with zero attached hydrogens (tertiary/aromatic N) is 1. The number of alkyl halides is 3. The molecule has 158 valence electrons. The summed E-state index contributed by atoms with van der Waals surface area (Å²) in [5.41, 5.74) is 1.95. The Hall–Kier alpha value is -2.50. The summed E-state index contributed by atoms with van der Waals surface area (Å²) in [4.78, 5) is 15.1. The van der Waals surface area contributed by atoms with E-state index < -0.39 is 41.2 Å². The topological polar surface area (TPSA) is 108 Å². The molecule has 1 amide bonds. The summed E-state index contributed by atoms with van der Waals surface area (Å²) < 4.78 is 63.0. The normalized spacial score (nSPS) is 13.9. The molecule has 2 rings (SSSR count). The van der Waals surface area contributed by atoms with Crippen LogP contribution in [0.5, 0.6) is 0 Å². The quantitative estimate of drug-likeness (QED) is 0.558. The van der Waals surface area contributed by atoms with Crippen LogP contribution in [0.25, 0.3) is 11.1 Å². The van der Waals surface area contributed by atoms with Gasteiger partial charge in [-0.15, -0.1) is 0 Å². The maximum absolute atomic E-state index is 13.1. The van der Waals surface area contributed by atoms with Crippen molar-refractivity contribution in [3.63, 3.8) is 0 Å². The number of carbonyl (C=O) groups excluding carboxylic acids is 1. The summed E-state index contributed by atoms with van der Waals surface area (Å²) in [5.74, 6) is -1.92. The third kappa shape index (κ3) is 6.24. The first kappa shape index (κ1) is 22.8. The number of aliphatic hydroxyl groups excluding tert-OH is 1. The lowest BCUT2D eigenvalue weighted by atomic mass is 9.99. The van der Waals surface area contributed by atoms with Gasteiger partial charge in [-0.05, 0) is 24.2 Å². The number of aromatic nitrogens is 1. The van der Waals surface area contributed by atoms with E-state index in [2.05, 4.69) is 9.71 Å².